The minimum atomic E-state index is -0.328. The van der Waals surface area contributed by atoms with E-state index in [4.69, 9.17) is 4.74 Å². The molecule has 1 N–H and O–H groups in total. The Morgan fingerprint density at radius 1 is 1.38 bits per heavy atom. The number of methoxy groups -OCH3 is 1. The van der Waals surface area contributed by atoms with Gasteiger partial charge >= 0.3 is 0 Å². The Morgan fingerprint density at radius 2 is 2.19 bits per heavy atom. The van der Waals surface area contributed by atoms with Crippen molar-refractivity contribution < 1.29 is 9.13 Å². The van der Waals surface area contributed by atoms with E-state index in [2.05, 4.69) is 17.3 Å². The van der Waals surface area contributed by atoms with Crippen LogP contribution in [0.5, 0.6) is 5.75 Å². The summed E-state index contributed by atoms with van der Waals surface area (Å²) in [5, 5.41) is 7.92. The van der Waals surface area contributed by atoms with Gasteiger partial charge in [-0.2, -0.15) is 5.10 Å². The molecule has 1 heterocycles. The molecule has 0 aliphatic heterocycles. The smallest absolute Gasteiger partial charge is 0.165 e. The Kier molecular flexibility index (Phi) is 5.33. The summed E-state index contributed by atoms with van der Waals surface area (Å²) in [4.78, 5) is 0. The fraction of sp³-hybridized carbons (Fsp3) is 0.438. The van der Waals surface area contributed by atoms with Gasteiger partial charge in [0.25, 0.3) is 0 Å². The van der Waals surface area contributed by atoms with Crippen LogP contribution in [-0.4, -0.2) is 23.4 Å². The highest BCUT2D eigenvalue weighted by atomic mass is 19.1. The molecule has 21 heavy (non-hydrogen) atoms. The average Bonchev–Trinajstić information content (AvgIpc) is 2.90. The lowest BCUT2D eigenvalue weighted by Crippen LogP contribution is -2.24. The molecule has 0 saturated heterocycles. The van der Waals surface area contributed by atoms with Crippen molar-refractivity contribution in [1.29, 1.82) is 0 Å². The first-order valence-corrected chi connectivity index (χ1v) is 7.19. The van der Waals surface area contributed by atoms with Gasteiger partial charge in [0.15, 0.2) is 11.6 Å². The van der Waals surface area contributed by atoms with Gasteiger partial charge in [-0.1, -0.05) is 13.0 Å². The molecule has 1 unspecified atom stereocenters. The van der Waals surface area contributed by atoms with Gasteiger partial charge in [0.1, 0.15) is 0 Å². The summed E-state index contributed by atoms with van der Waals surface area (Å²) in [6.07, 6.45) is 3.66. The molecule has 1 aromatic carbocycles. The molecule has 5 heteroatoms. The van der Waals surface area contributed by atoms with Gasteiger partial charge in [-0.25, -0.2) is 4.39 Å². The van der Waals surface area contributed by atoms with E-state index in [1.54, 1.807) is 10.7 Å². The van der Waals surface area contributed by atoms with Crippen LogP contribution in [0.1, 0.15) is 30.6 Å². The molecular formula is C16H22FN3O. The van der Waals surface area contributed by atoms with Gasteiger partial charge in [0.2, 0.25) is 0 Å². The lowest BCUT2D eigenvalue weighted by atomic mass is 10.0. The van der Waals surface area contributed by atoms with Crippen LogP contribution in [-0.2, 0) is 13.5 Å². The second kappa shape index (κ2) is 7.22. The zero-order valence-corrected chi connectivity index (χ0v) is 12.8. The van der Waals surface area contributed by atoms with E-state index in [0.717, 1.165) is 24.2 Å². The third kappa shape index (κ3) is 4.04. The van der Waals surface area contributed by atoms with Gasteiger partial charge in [-0.3, -0.25) is 4.68 Å². The van der Waals surface area contributed by atoms with Crippen molar-refractivity contribution in [3.63, 3.8) is 0 Å². The fourth-order valence-electron chi connectivity index (χ4n) is 2.29. The minimum absolute atomic E-state index is 0.0824. The molecule has 2 aromatic rings. The third-order valence-electron chi connectivity index (χ3n) is 3.39. The van der Waals surface area contributed by atoms with Gasteiger partial charge in [0, 0.05) is 13.2 Å². The predicted molar refractivity (Wildman–Crippen MR) is 80.9 cm³/mol. The first kappa shape index (κ1) is 15.5. The number of hydrogen-bond acceptors (Lipinski definition) is 3. The van der Waals surface area contributed by atoms with Gasteiger partial charge in [0.05, 0.1) is 18.8 Å². The average molecular weight is 291 g/mol. The minimum Gasteiger partial charge on any atom is -0.494 e. The number of aryl methyl sites for hydroxylation is 1. The molecule has 0 bridgehead atoms. The van der Waals surface area contributed by atoms with Crippen LogP contribution in [0, 0.1) is 5.82 Å². The summed E-state index contributed by atoms with van der Waals surface area (Å²) in [6, 6.07) is 7.17. The maximum absolute atomic E-state index is 13.8. The first-order chi connectivity index (χ1) is 10.1. The Labute approximate surface area is 124 Å². The van der Waals surface area contributed by atoms with Crippen LogP contribution in [0.2, 0.25) is 0 Å². The number of halogens is 1. The number of benzene rings is 1. The van der Waals surface area contributed by atoms with Crippen LogP contribution in [0.15, 0.2) is 30.5 Å². The normalized spacial score (nSPS) is 12.4. The molecule has 0 spiro atoms. The summed E-state index contributed by atoms with van der Waals surface area (Å²) < 4.78 is 20.5. The van der Waals surface area contributed by atoms with Crippen LogP contribution in [0.4, 0.5) is 4.39 Å². The van der Waals surface area contributed by atoms with Crippen LogP contribution in [0.3, 0.4) is 0 Å². The van der Waals surface area contributed by atoms with Crippen molar-refractivity contribution in [2.24, 2.45) is 7.05 Å². The number of nitrogens with one attached hydrogen (secondary N) is 1. The van der Waals surface area contributed by atoms with E-state index in [1.165, 1.54) is 13.2 Å². The van der Waals surface area contributed by atoms with Gasteiger partial charge < -0.3 is 10.1 Å². The predicted octanol–water partition coefficient (Wildman–Crippen LogP) is 2.85. The molecule has 0 aliphatic carbocycles. The highest BCUT2D eigenvalue weighted by Crippen LogP contribution is 2.22. The Balaban J connectivity index is 2.16. The number of nitrogens with zero attached hydrogens (tertiary/aromatic N) is 2. The molecule has 0 saturated carbocycles. The number of aromatic nitrogens is 2. The summed E-state index contributed by atoms with van der Waals surface area (Å²) in [5.74, 6) is -0.0556. The second-order valence-electron chi connectivity index (χ2n) is 5.09. The quantitative estimate of drug-likeness (QED) is 0.852. The van der Waals surface area contributed by atoms with E-state index >= 15 is 0 Å². The number of rotatable bonds is 7. The van der Waals surface area contributed by atoms with E-state index in [9.17, 15) is 4.39 Å². The monoisotopic (exact) mass is 291 g/mol. The first-order valence-electron chi connectivity index (χ1n) is 7.19. The molecule has 1 aromatic heterocycles. The maximum atomic E-state index is 13.8. The largest absolute Gasteiger partial charge is 0.494 e. The topological polar surface area (TPSA) is 39.1 Å². The van der Waals surface area contributed by atoms with Crippen LogP contribution in [0.25, 0.3) is 0 Å². The molecule has 0 aliphatic rings. The van der Waals surface area contributed by atoms with E-state index in [1.807, 2.05) is 25.4 Å². The molecule has 0 fully saturated rings. The third-order valence-corrected chi connectivity index (χ3v) is 3.39. The van der Waals surface area contributed by atoms with Crippen molar-refractivity contribution in [2.75, 3.05) is 13.7 Å². The van der Waals surface area contributed by atoms with Gasteiger partial charge in [-0.15, -0.1) is 0 Å². The summed E-state index contributed by atoms with van der Waals surface area (Å²) in [5.41, 5.74) is 1.90. The van der Waals surface area contributed by atoms with E-state index in [0.29, 0.717) is 6.42 Å². The molecular weight excluding hydrogens is 269 g/mol. The van der Waals surface area contributed by atoms with Gasteiger partial charge in [-0.05, 0) is 43.1 Å². The zero-order chi connectivity index (χ0) is 15.2. The lowest BCUT2D eigenvalue weighted by Gasteiger charge is -2.17. The number of hydrogen-bond donors (Lipinski definition) is 1. The number of ether oxygens (including phenoxy) is 1. The highest BCUT2D eigenvalue weighted by Gasteiger charge is 2.15. The molecule has 0 amide bonds. The van der Waals surface area contributed by atoms with Crippen molar-refractivity contribution in [1.82, 2.24) is 15.1 Å². The molecule has 2 rings (SSSR count). The van der Waals surface area contributed by atoms with E-state index in [-0.39, 0.29) is 17.6 Å². The van der Waals surface area contributed by atoms with Crippen LogP contribution >= 0.6 is 0 Å². The fourth-order valence-corrected chi connectivity index (χ4v) is 2.29. The van der Waals surface area contributed by atoms with Crippen molar-refractivity contribution >= 4 is 0 Å². The van der Waals surface area contributed by atoms with Crippen molar-refractivity contribution in [3.05, 3.63) is 47.5 Å². The standard InChI is InChI=1S/C16H22FN3O/c1-4-8-18-15(14-7-9-20(2)19-14)11-12-5-6-16(21-3)13(17)10-12/h5-7,9-10,15,18H,4,8,11H2,1-3H3. The van der Waals surface area contributed by atoms with E-state index < -0.39 is 0 Å². The van der Waals surface area contributed by atoms with Crippen molar-refractivity contribution in [2.45, 2.75) is 25.8 Å². The Bertz CT molecular complexity index is 583. The molecule has 114 valence electrons. The molecule has 4 nitrogen and oxygen atoms in total. The maximum Gasteiger partial charge on any atom is 0.165 e. The lowest BCUT2D eigenvalue weighted by molar-refractivity contribution is 0.386. The summed E-state index contributed by atoms with van der Waals surface area (Å²) >= 11 is 0. The summed E-state index contributed by atoms with van der Waals surface area (Å²) in [6.45, 7) is 3.02. The zero-order valence-electron chi connectivity index (χ0n) is 12.8. The summed E-state index contributed by atoms with van der Waals surface area (Å²) in [7, 11) is 3.37. The Hall–Kier alpha value is -1.88. The molecule has 0 radical (unpaired) electrons. The SMILES string of the molecule is CCCNC(Cc1ccc(OC)c(F)c1)c1ccn(C)n1. The second-order valence-corrected chi connectivity index (χ2v) is 5.09. The molecule has 1 atom stereocenters. The Morgan fingerprint density at radius 3 is 2.76 bits per heavy atom. The van der Waals surface area contributed by atoms with Crippen molar-refractivity contribution in [3.8, 4) is 5.75 Å². The highest BCUT2D eigenvalue weighted by molar-refractivity contribution is 5.30. The van der Waals surface area contributed by atoms with Crippen LogP contribution < -0.4 is 10.1 Å².